The summed E-state index contributed by atoms with van der Waals surface area (Å²) < 4.78 is 0.752. The molecule has 1 atom stereocenters. The van der Waals surface area contributed by atoms with Crippen LogP contribution in [0.5, 0.6) is 0 Å². The average molecular weight is 392 g/mol. The van der Waals surface area contributed by atoms with E-state index in [-0.39, 0.29) is 30.0 Å². The fourth-order valence-electron chi connectivity index (χ4n) is 2.73. The first kappa shape index (κ1) is 18.7. The summed E-state index contributed by atoms with van der Waals surface area (Å²) in [4.78, 5) is 26.6. The van der Waals surface area contributed by atoms with E-state index < -0.39 is 0 Å². The molecule has 3 rings (SSSR count). The van der Waals surface area contributed by atoms with Gasteiger partial charge in [-0.15, -0.1) is 10.2 Å². The van der Waals surface area contributed by atoms with E-state index >= 15 is 0 Å². The predicted octanol–water partition coefficient (Wildman–Crippen LogP) is 3.22. The standard InChI is InChI=1S/C17H21N5O2S2/c1-3-8-18-16-20-21-17(26-16)25-10-15(24)22-11(2)9-14(23)19-12-6-4-5-7-13(12)22/h4-7,11H,3,8-10H2,1-2H3,(H,18,20)(H,19,23)/t11-/m1/s1. The fourth-order valence-corrected chi connectivity index (χ4v) is 4.37. The predicted molar refractivity (Wildman–Crippen MR) is 106 cm³/mol. The molecule has 9 heteroatoms. The van der Waals surface area contributed by atoms with Crippen molar-refractivity contribution in [3.63, 3.8) is 0 Å². The Balaban J connectivity index is 1.70. The minimum atomic E-state index is -0.206. The Kier molecular flexibility index (Phi) is 6.10. The Bertz CT molecular complexity index is 795. The van der Waals surface area contributed by atoms with E-state index in [0.29, 0.717) is 5.69 Å². The molecule has 138 valence electrons. The van der Waals surface area contributed by atoms with E-state index in [4.69, 9.17) is 0 Å². The number of hydrogen-bond acceptors (Lipinski definition) is 7. The number of carbonyl (C=O) groups is 2. The van der Waals surface area contributed by atoms with Crippen molar-refractivity contribution in [3.8, 4) is 0 Å². The van der Waals surface area contributed by atoms with Gasteiger partial charge in [0.05, 0.1) is 17.1 Å². The highest BCUT2D eigenvalue weighted by Gasteiger charge is 2.29. The molecule has 0 unspecified atom stereocenters. The number of para-hydroxylation sites is 2. The third kappa shape index (κ3) is 4.34. The first-order chi connectivity index (χ1) is 12.6. The molecule has 0 spiro atoms. The number of benzene rings is 1. The van der Waals surface area contributed by atoms with Crippen LogP contribution in [0.25, 0.3) is 0 Å². The van der Waals surface area contributed by atoms with Crippen molar-refractivity contribution in [2.24, 2.45) is 0 Å². The summed E-state index contributed by atoms with van der Waals surface area (Å²) >= 11 is 2.81. The van der Waals surface area contributed by atoms with Gasteiger partial charge in [-0.1, -0.05) is 42.2 Å². The van der Waals surface area contributed by atoms with Gasteiger partial charge < -0.3 is 15.5 Å². The van der Waals surface area contributed by atoms with Gasteiger partial charge >= 0.3 is 0 Å². The summed E-state index contributed by atoms with van der Waals surface area (Å²) in [7, 11) is 0. The number of anilines is 3. The highest BCUT2D eigenvalue weighted by atomic mass is 32.2. The van der Waals surface area contributed by atoms with Gasteiger partial charge in [-0.25, -0.2) is 0 Å². The molecule has 2 aromatic rings. The molecule has 1 aliphatic heterocycles. The SMILES string of the molecule is CCCNc1nnc(SCC(=O)N2c3ccccc3NC(=O)C[C@H]2C)s1. The zero-order valence-corrected chi connectivity index (χ0v) is 16.3. The number of rotatable bonds is 6. The molecule has 0 saturated heterocycles. The van der Waals surface area contributed by atoms with Crippen LogP contribution in [0, 0.1) is 0 Å². The summed E-state index contributed by atoms with van der Waals surface area (Å²) in [6.45, 7) is 4.82. The van der Waals surface area contributed by atoms with Crippen LogP contribution in [0.4, 0.5) is 16.5 Å². The molecule has 2 N–H and O–H groups in total. The highest BCUT2D eigenvalue weighted by Crippen LogP contribution is 2.33. The molecule has 1 aromatic heterocycles. The molecular formula is C17H21N5O2S2. The number of nitrogens with zero attached hydrogens (tertiary/aromatic N) is 3. The second-order valence-electron chi connectivity index (χ2n) is 5.97. The van der Waals surface area contributed by atoms with Crippen molar-refractivity contribution in [3.05, 3.63) is 24.3 Å². The Morgan fingerprint density at radius 2 is 2.23 bits per heavy atom. The number of nitrogens with one attached hydrogen (secondary N) is 2. The smallest absolute Gasteiger partial charge is 0.237 e. The van der Waals surface area contributed by atoms with Crippen molar-refractivity contribution in [1.82, 2.24) is 10.2 Å². The summed E-state index contributed by atoms with van der Waals surface area (Å²) in [6, 6.07) is 7.18. The van der Waals surface area contributed by atoms with Crippen LogP contribution in [-0.2, 0) is 9.59 Å². The second kappa shape index (κ2) is 8.50. The number of fused-ring (bicyclic) bond motifs is 1. The van der Waals surface area contributed by atoms with Crippen LogP contribution in [0.2, 0.25) is 0 Å². The molecule has 1 aromatic carbocycles. The molecule has 0 saturated carbocycles. The molecule has 0 fully saturated rings. The fraction of sp³-hybridized carbons (Fsp3) is 0.412. The number of thioether (sulfide) groups is 1. The van der Waals surface area contributed by atoms with E-state index in [1.807, 2.05) is 31.2 Å². The number of amides is 2. The number of hydrogen-bond donors (Lipinski definition) is 2. The normalized spacial score (nSPS) is 16.6. The number of carbonyl (C=O) groups excluding carboxylic acids is 2. The van der Waals surface area contributed by atoms with Gasteiger partial charge in [0.2, 0.25) is 16.9 Å². The van der Waals surface area contributed by atoms with Crippen LogP contribution in [0.1, 0.15) is 26.7 Å². The zero-order valence-electron chi connectivity index (χ0n) is 14.7. The van der Waals surface area contributed by atoms with Gasteiger partial charge in [-0.3, -0.25) is 9.59 Å². The van der Waals surface area contributed by atoms with E-state index in [0.717, 1.165) is 28.1 Å². The maximum absolute atomic E-state index is 12.9. The molecule has 0 aliphatic carbocycles. The summed E-state index contributed by atoms with van der Waals surface area (Å²) in [6.07, 6.45) is 1.29. The van der Waals surface area contributed by atoms with Crippen molar-refractivity contribution in [2.75, 3.05) is 27.8 Å². The largest absolute Gasteiger partial charge is 0.360 e. The quantitative estimate of drug-likeness (QED) is 0.735. The first-order valence-corrected chi connectivity index (χ1v) is 10.3. The second-order valence-corrected chi connectivity index (χ2v) is 8.17. The minimum absolute atomic E-state index is 0.0512. The topological polar surface area (TPSA) is 87.2 Å². The van der Waals surface area contributed by atoms with E-state index in [1.54, 1.807) is 4.90 Å². The lowest BCUT2D eigenvalue weighted by Crippen LogP contribution is -2.40. The van der Waals surface area contributed by atoms with Gasteiger partial charge in [0.25, 0.3) is 0 Å². The van der Waals surface area contributed by atoms with Gasteiger partial charge in [0, 0.05) is 19.0 Å². The van der Waals surface area contributed by atoms with Crippen molar-refractivity contribution in [2.45, 2.75) is 37.1 Å². The van der Waals surface area contributed by atoms with E-state index in [2.05, 4.69) is 27.8 Å². The summed E-state index contributed by atoms with van der Waals surface area (Å²) in [5.41, 5.74) is 1.40. The van der Waals surface area contributed by atoms with Gasteiger partial charge in [0.15, 0.2) is 4.34 Å². The van der Waals surface area contributed by atoms with Crippen LogP contribution < -0.4 is 15.5 Å². The van der Waals surface area contributed by atoms with Crippen molar-refractivity contribution >= 4 is 51.4 Å². The first-order valence-electron chi connectivity index (χ1n) is 8.49. The van der Waals surface area contributed by atoms with E-state index in [9.17, 15) is 9.59 Å². The lowest BCUT2D eigenvalue weighted by atomic mass is 10.2. The Morgan fingerprint density at radius 3 is 3.04 bits per heavy atom. The van der Waals surface area contributed by atoms with Crippen LogP contribution in [-0.4, -0.2) is 40.4 Å². The van der Waals surface area contributed by atoms with Crippen LogP contribution in [0.3, 0.4) is 0 Å². The Hall–Kier alpha value is -2.13. The molecular weight excluding hydrogens is 370 g/mol. The maximum Gasteiger partial charge on any atom is 0.237 e. The molecule has 26 heavy (non-hydrogen) atoms. The van der Waals surface area contributed by atoms with Gasteiger partial charge in [-0.2, -0.15) is 0 Å². The molecule has 2 amide bonds. The van der Waals surface area contributed by atoms with Gasteiger partial charge in [-0.05, 0) is 25.5 Å². The average Bonchev–Trinajstić information content (AvgIpc) is 3.02. The maximum atomic E-state index is 12.9. The monoisotopic (exact) mass is 391 g/mol. The summed E-state index contributed by atoms with van der Waals surface area (Å²) in [5, 5.41) is 15.0. The third-order valence-electron chi connectivity index (χ3n) is 3.88. The number of aromatic nitrogens is 2. The molecule has 7 nitrogen and oxygen atoms in total. The third-order valence-corrected chi connectivity index (χ3v) is 5.88. The molecule has 0 radical (unpaired) electrons. The molecule has 0 bridgehead atoms. The van der Waals surface area contributed by atoms with Crippen molar-refractivity contribution in [1.29, 1.82) is 0 Å². The van der Waals surface area contributed by atoms with E-state index in [1.165, 1.54) is 23.1 Å². The zero-order chi connectivity index (χ0) is 18.5. The van der Waals surface area contributed by atoms with Crippen molar-refractivity contribution < 1.29 is 9.59 Å². The van der Waals surface area contributed by atoms with Crippen LogP contribution >= 0.6 is 23.1 Å². The van der Waals surface area contributed by atoms with Crippen LogP contribution in [0.15, 0.2) is 28.6 Å². The highest BCUT2D eigenvalue weighted by molar-refractivity contribution is 8.01. The molecule has 2 heterocycles. The lowest BCUT2D eigenvalue weighted by Gasteiger charge is -2.27. The summed E-state index contributed by atoms with van der Waals surface area (Å²) in [5.74, 6) is 0.114. The van der Waals surface area contributed by atoms with Gasteiger partial charge in [0.1, 0.15) is 0 Å². The molecule has 1 aliphatic rings. The Labute approximate surface area is 160 Å². The minimum Gasteiger partial charge on any atom is -0.360 e. The lowest BCUT2D eigenvalue weighted by molar-refractivity contribution is -0.117. The Morgan fingerprint density at radius 1 is 1.42 bits per heavy atom.